The van der Waals surface area contributed by atoms with Crippen LogP contribution in [-0.4, -0.2) is 29.4 Å². The second-order valence-electron chi connectivity index (χ2n) is 9.50. The number of likely N-dealkylation sites (tertiary alicyclic amines) is 1. The molecular formula is C21H36NO2+. The lowest BCUT2D eigenvalue weighted by Gasteiger charge is -2.33. The largest absolute Gasteiger partial charge is 0.507 e. The summed E-state index contributed by atoms with van der Waals surface area (Å²) in [5.41, 5.74) is 3.16. The summed E-state index contributed by atoms with van der Waals surface area (Å²) < 4.78 is 0. The third-order valence-corrected chi connectivity index (χ3v) is 5.32. The third kappa shape index (κ3) is 4.31. The van der Waals surface area contributed by atoms with Crippen LogP contribution in [0.1, 0.15) is 77.5 Å². The zero-order valence-electron chi connectivity index (χ0n) is 16.4. The molecule has 0 aromatic heterocycles. The van der Waals surface area contributed by atoms with Crippen molar-refractivity contribution in [1.29, 1.82) is 0 Å². The predicted molar refractivity (Wildman–Crippen MR) is 99.8 cm³/mol. The zero-order chi connectivity index (χ0) is 18.1. The number of rotatable bonds is 3. The van der Waals surface area contributed by atoms with Crippen molar-refractivity contribution in [3.8, 4) is 5.75 Å². The first kappa shape index (κ1) is 19.3. The Morgan fingerprint density at radius 3 is 2.00 bits per heavy atom. The quantitative estimate of drug-likeness (QED) is 0.796. The minimum absolute atomic E-state index is 0.0896. The molecule has 0 saturated carbocycles. The number of benzene rings is 1. The number of piperidine rings is 1. The third-order valence-electron chi connectivity index (χ3n) is 5.32. The predicted octanol–water partition coefficient (Wildman–Crippen LogP) is 2.92. The van der Waals surface area contributed by atoms with E-state index in [1.54, 1.807) is 0 Å². The first-order chi connectivity index (χ1) is 11.0. The smallest absolute Gasteiger partial charge is 0.123 e. The lowest BCUT2D eigenvalue weighted by Crippen LogP contribution is -3.15. The van der Waals surface area contributed by atoms with Crippen LogP contribution >= 0.6 is 0 Å². The van der Waals surface area contributed by atoms with Crippen LogP contribution in [0.4, 0.5) is 0 Å². The molecule has 1 fully saturated rings. The van der Waals surface area contributed by atoms with Crippen molar-refractivity contribution in [2.75, 3.05) is 13.2 Å². The van der Waals surface area contributed by atoms with Crippen LogP contribution in [-0.2, 0) is 17.4 Å². The normalized spacial score (nSPS) is 22.6. The number of phenols is 1. The number of hydrogen-bond donors (Lipinski definition) is 3. The van der Waals surface area contributed by atoms with E-state index in [0.29, 0.717) is 11.8 Å². The van der Waals surface area contributed by atoms with Gasteiger partial charge in [0.2, 0.25) is 0 Å². The van der Waals surface area contributed by atoms with Crippen LogP contribution in [0, 0.1) is 0 Å². The number of nitrogens with one attached hydrogen (secondary N) is 1. The van der Waals surface area contributed by atoms with Crippen molar-refractivity contribution < 1.29 is 15.1 Å². The summed E-state index contributed by atoms with van der Waals surface area (Å²) in [5, 5.41) is 20.5. The monoisotopic (exact) mass is 334 g/mol. The highest BCUT2D eigenvalue weighted by molar-refractivity contribution is 5.49. The fourth-order valence-electron chi connectivity index (χ4n) is 3.81. The number of aromatic hydroxyl groups is 1. The first-order valence-electron chi connectivity index (χ1n) is 9.36. The molecule has 24 heavy (non-hydrogen) atoms. The Balaban J connectivity index is 2.42. The standard InChI is InChI=1S/C21H35NO2/c1-20(2,3)17-11-15(12-18(19(17)24)21(4,5)6)13-22-10-8-7-9-16(22)14-23/h11-12,16,23-24H,7-10,13-14H2,1-6H3/p+1/t16-/m0/s1. The number of quaternary nitrogens is 1. The summed E-state index contributed by atoms with van der Waals surface area (Å²) in [6, 6.07) is 4.71. The Labute approximate surface area is 147 Å². The summed E-state index contributed by atoms with van der Waals surface area (Å²) >= 11 is 0. The number of phenolic OH excluding ortho intramolecular Hbond substituents is 1. The number of hydrogen-bond acceptors (Lipinski definition) is 2. The molecule has 136 valence electrons. The van der Waals surface area contributed by atoms with E-state index < -0.39 is 0 Å². The topological polar surface area (TPSA) is 44.9 Å². The van der Waals surface area contributed by atoms with E-state index in [9.17, 15) is 10.2 Å². The molecule has 2 atom stereocenters. The molecule has 0 amide bonds. The van der Waals surface area contributed by atoms with Crippen LogP contribution in [0.3, 0.4) is 0 Å². The van der Waals surface area contributed by atoms with Gasteiger partial charge < -0.3 is 15.1 Å². The van der Waals surface area contributed by atoms with E-state index >= 15 is 0 Å². The van der Waals surface area contributed by atoms with Crippen LogP contribution in [0.15, 0.2) is 12.1 Å². The maximum atomic E-state index is 10.8. The molecule has 3 heteroatoms. The van der Waals surface area contributed by atoms with Gasteiger partial charge in [-0.1, -0.05) is 41.5 Å². The van der Waals surface area contributed by atoms with E-state index in [0.717, 1.165) is 30.6 Å². The lowest BCUT2D eigenvalue weighted by molar-refractivity contribution is -0.944. The minimum Gasteiger partial charge on any atom is -0.507 e. The molecule has 0 bridgehead atoms. The molecule has 0 radical (unpaired) electrons. The molecule has 3 N–H and O–H groups in total. The molecule has 1 aliphatic heterocycles. The van der Waals surface area contributed by atoms with E-state index in [1.165, 1.54) is 23.3 Å². The Morgan fingerprint density at radius 2 is 1.54 bits per heavy atom. The van der Waals surface area contributed by atoms with Gasteiger partial charge in [0.15, 0.2) is 0 Å². The molecule has 1 unspecified atom stereocenters. The molecule has 1 heterocycles. The zero-order valence-corrected chi connectivity index (χ0v) is 16.4. The van der Waals surface area contributed by atoms with Crippen LogP contribution in [0.2, 0.25) is 0 Å². The molecule has 1 saturated heterocycles. The van der Waals surface area contributed by atoms with E-state index in [2.05, 4.69) is 53.7 Å². The summed E-state index contributed by atoms with van der Waals surface area (Å²) in [6.45, 7) is 15.3. The van der Waals surface area contributed by atoms with Gasteiger partial charge in [0.25, 0.3) is 0 Å². The molecule has 1 aromatic rings. The van der Waals surface area contributed by atoms with Crippen LogP contribution < -0.4 is 4.90 Å². The minimum atomic E-state index is -0.0896. The highest BCUT2D eigenvalue weighted by Gasteiger charge is 2.29. The SMILES string of the molecule is CC(C)(C)c1cc(C[NH+]2CCCC[C@H]2CO)cc(C(C)(C)C)c1O. The number of aliphatic hydroxyl groups is 1. The fraction of sp³-hybridized carbons (Fsp3) is 0.714. The van der Waals surface area contributed by atoms with Crippen molar-refractivity contribution in [3.63, 3.8) is 0 Å². The van der Waals surface area contributed by atoms with E-state index in [4.69, 9.17) is 0 Å². The van der Waals surface area contributed by atoms with Gasteiger partial charge in [-0.3, -0.25) is 0 Å². The molecule has 1 aromatic carbocycles. The molecule has 1 aliphatic rings. The van der Waals surface area contributed by atoms with Gasteiger partial charge in [-0.15, -0.1) is 0 Å². The molecular weight excluding hydrogens is 298 g/mol. The first-order valence-corrected chi connectivity index (χ1v) is 9.36. The average molecular weight is 335 g/mol. The fourth-order valence-corrected chi connectivity index (χ4v) is 3.81. The van der Waals surface area contributed by atoms with Gasteiger partial charge in [0.05, 0.1) is 13.2 Å². The summed E-state index contributed by atoms with van der Waals surface area (Å²) in [6.07, 6.45) is 3.58. The Kier molecular flexibility index (Phi) is 5.66. The van der Waals surface area contributed by atoms with Gasteiger partial charge in [-0.05, 0) is 35.8 Å². The Hall–Kier alpha value is -1.06. The van der Waals surface area contributed by atoms with Gasteiger partial charge in [-0.25, -0.2) is 0 Å². The maximum Gasteiger partial charge on any atom is 0.123 e. The molecule has 2 rings (SSSR count). The van der Waals surface area contributed by atoms with E-state index in [1.807, 2.05) is 0 Å². The van der Waals surface area contributed by atoms with E-state index in [-0.39, 0.29) is 17.4 Å². The van der Waals surface area contributed by atoms with Crippen LogP contribution in [0.25, 0.3) is 0 Å². The average Bonchev–Trinajstić information content (AvgIpc) is 2.47. The molecule has 3 nitrogen and oxygen atoms in total. The lowest BCUT2D eigenvalue weighted by atomic mass is 9.78. The van der Waals surface area contributed by atoms with Crippen LogP contribution in [0.5, 0.6) is 5.75 Å². The van der Waals surface area contributed by atoms with Gasteiger partial charge in [0, 0.05) is 23.1 Å². The summed E-state index contributed by atoms with van der Waals surface area (Å²) in [7, 11) is 0. The second-order valence-corrected chi connectivity index (χ2v) is 9.50. The van der Waals surface area contributed by atoms with Crippen molar-refractivity contribution in [2.45, 2.75) is 84.2 Å². The summed E-state index contributed by atoms with van der Waals surface area (Å²) in [4.78, 5) is 1.48. The Bertz CT molecular complexity index is 531. The number of aliphatic hydroxyl groups excluding tert-OH is 1. The summed E-state index contributed by atoms with van der Waals surface area (Å²) in [5.74, 6) is 0.450. The highest BCUT2D eigenvalue weighted by atomic mass is 16.3. The van der Waals surface area contributed by atoms with Gasteiger partial charge in [-0.2, -0.15) is 0 Å². The van der Waals surface area contributed by atoms with Crippen molar-refractivity contribution in [1.82, 2.24) is 0 Å². The second kappa shape index (κ2) is 7.05. The van der Waals surface area contributed by atoms with Gasteiger partial charge in [0.1, 0.15) is 18.3 Å². The maximum absolute atomic E-state index is 10.8. The van der Waals surface area contributed by atoms with Gasteiger partial charge >= 0.3 is 0 Å². The molecule has 0 spiro atoms. The van der Waals surface area contributed by atoms with Crippen molar-refractivity contribution in [3.05, 3.63) is 28.8 Å². The van der Waals surface area contributed by atoms with Crippen molar-refractivity contribution in [2.24, 2.45) is 0 Å². The van der Waals surface area contributed by atoms with Crippen molar-refractivity contribution >= 4 is 0 Å². The molecule has 0 aliphatic carbocycles. The Morgan fingerprint density at radius 1 is 1.00 bits per heavy atom. The highest BCUT2D eigenvalue weighted by Crippen LogP contribution is 2.39.